The van der Waals surface area contributed by atoms with Gasteiger partial charge in [0.1, 0.15) is 0 Å². The Balaban J connectivity index is 2.75. The van der Waals surface area contributed by atoms with Crippen molar-refractivity contribution in [3.8, 4) is 0 Å². The van der Waals surface area contributed by atoms with E-state index in [9.17, 15) is 5.11 Å². The lowest BCUT2D eigenvalue weighted by molar-refractivity contribution is 0.169. The Bertz CT molecular complexity index is 323. The second-order valence-electron chi connectivity index (χ2n) is 3.06. The van der Waals surface area contributed by atoms with Gasteiger partial charge in [-0.25, -0.2) is 0 Å². The summed E-state index contributed by atoms with van der Waals surface area (Å²) < 4.78 is 0. The SMILES string of the molecule is C=CCCC(O)c1ccc(Cl)c(Cl)c1. The van der Waals surface area contributed by atoms with Crippen LogP contribution in [0.15, 0.2) is 30.9 Å². The molecular formula is C11H12Cl2O. The minimum absolute atomic E-state index is 0.474. The fraction of sp³-hybridized carbons (Fsp3) is 0.273. The molecule has 1 unspecified atom stereocenters. The molecule has 0 heterocycles. The Labute approximate surface area is 94.0 Å². The van der Waals surface area contributed by atoms with E-state index in [1.807, 2.05) is 0 Å². The maximum absolute atomic E-state index is 9.72. The van der Waals surface area contributed by atoms with Gasteiger partial charge in [-0.2, -0.15) is 0 Å². The molecule has 0 aliphatic rings. The fourth-order valence-electron chi connectivity index (χ4n) is 1.16. The normalized spacial score (nSPS) is 12.5. The molecule has 1 aromatic rings. The average Bonchev–Trinajstić information content (AvgIpc) is 2.18. The molecule has 1 atom stereocenters. The molecule has 0 fully saturated rings. The average molecular weight is 231 g/mol. The first kappa shape index (κ1) is 11.6. The van der Waals surface area contributed by atoms with Crippen molar-refractivity contribution in [2.45, 2.75) is 18.9 Å². The van der Waals surface area contributed by atoms with E-state index in [1.165, 1.54) is 0 Å². The Morgan fingerprint density at radius 1 is 1.36 bits per heavy atom. The molecule has 0 radical (unpaired) electrons. The second-order valence-corrected chi connectivity index (χ2v) is 3.87. The monoisotopic (exact) mass is 230 g/mol. The minimum Gasteiger partial charge on any atom is -0.388 e. The highest BCUT2D eigenvalue weighted by atomic mass is 35.5. The zero-order valence-electron chi connectivity index (χ0n) is 7.71. The zero-order valence-corrected chi connectivity index (χ0v) is 9.22. The van der Waals surface area contributed by atoms with Crippen LogP contribution in [0.3, 0.4) is 0 Å². The number of hydrogen-bond acceptors (Lipinski definition) is 1. The van der Waals surface area contributed by atoms with Crippen LogP contribution < -0.4 is 0 Å². The molecule has 0 bridgehead atoms. The molecule has 1 N–H and O–H groups in total. The van der Waals surface area contributed by atoms with Gasteiger partial charge in [-0.05, 0) is 30.5 Å². The van der Waals surface area contributed by atoms with Crippen molar-refractivity contribution >= 4 is 23.2 Å². The van der Waals surface area contributed by atoms with Crippen LogP contribution in [0.25, 0.3) is 0 Å². The van der Waals surface area contributed by atoms with E-state index in [0.29, 0.717) is 16.5 Å². The fourth-order valence-corrected chi connectivity index (χ4v) is 1.47. The van der Waals surface area contributed by atoms with Crippen molar-refractivity contribution in [2.24, 2.45) is 0 Å². The molecule has 76 valence electrons. The summed E-state index contributed by atoms with van der Waals surface area (Å²) in [6, 6.07) is 5.16. The highest BCUT2D eigenvalue weighted by Crippen LogP contribution is 2.27. The molecule has 1 nitrogen and oxygen atoms in total. The maximum Gasteiger partial charge on any atom is 0.0793 e. The predicted molar refractivity (Wildman–Crippen MR) is 60.9 cm³/mol. The standard InChI is InChI=1S/C11H12Cl2O/c1-2-3-4-11(14)8-5-6-9(12)10(13)7-8/h2,5-7,11,14H,1,3-4H2. The van der Waals surface area contributed by atoms with E-state index in [-0.39, 0.29) is 0 Å². The Hall–Kier alpha value is -0.500. The third kappa shape index (κ3) is 3.02. The molecule has 1 aromatic carbocycles. The van der Waals surface area contributed by atoms with Crippen LogP contribution in [-0.4, -0.2) is 5.11 Å². The molecule has 0 aliphatic carbocycles. The van der Waals surface area contributed by atoms with E-state index >= 15 is 0 Å². The molecule has 0 saturated carbocycles. The molecule has 0 aromatic heterocycles. The first-order valence-corrected chi connectivity index (χ1v) is 5.14. The largest absolute Gasteiger partial charge is 0.388 e. The summed E-state index contributed by atoms with van der Waals surface area (Å²) in [6.45, 7) is 3.60. The number of aliphatic hydroxyl groups is 1. The third-order valence-corrected chi connectivity index (χ3v) is 2.71. The van der Waals surface area contributed by atoms with Gasteiger partial charge >= 0.3 is 0 Å². The van der Waals surface area contributed by atoms with E-state index in [4.69, 9.17) is 23.2 Å². The van der Waals surface area contributed by atoms with Gasteiger partial charge in [0.2, 0.25) is 0 Å². The van der Waals surface area contributed by atoms with Gasteiger partial charge in [-0.1, -0.05) is 35.3 Å². The summed E-state index contributed by atoms with van der Waals surface area (Å²) >= 11 is 11.6. The first-order chi connectivity index (χ1) is 6.65. The highest BCUT2D eigenvalue weighted by molar-refractivity contribution is 6.42. The lowest BCUT2D eigenvalue weighted by atomic mass is 10.1. The van der Waals surface area contributed by atoms with Gasteiger partial charge in [0.25, 0.3) is 0 Å². The van der Waals surface area contributed by atoms with E-state index in [2.05, 4.69) is 6.58 Å². The van der Waals surface area contributed by atoms with Gasteiger partial charge in [-0.3, -0.25) is 0 Å². The van der Waals surface area contributed by atoms with Gasteiger partial charge in [0.15, 0.2) is 0 Å². The number of benzene rings is 1. The lowest BCUT2D eigenvalue weighted by Crippen LogP contribution is -1.96. The van der Waals surface area contributed by atoms with Crippen LogP contribution in [0.5, 0.6) is 0 Å². The minimum atomic E-state index is -0.497. The summed E-state index contributed by atoms with van der Waals surface area (Å²) in [5.74, 6) is 0. The van der Waals surface area contributed by atoms with E-state index < -0.39 is 6.10 Å². The summed E-state index contributed by atoms with van der Waals surface area (Å²) in [5, 5.41) is 10.7. The van der Waals surface area contributed by atoms with E-state index in [1.54, 1.807) is 24.3 Å². The van der Waals surface area contributed by atoms with Crippen LogP contribution in [0, 0.1) is 0 Å². The van der Waals surface area contributed by atoms with Crippen LogP contribution in [0.2, 0.25) is 10.0 Å². The highest BCUT2D eigenvalue weighted by Gasteiger charge is 2.08. The second kappa shape index (κ2) is 5.40. The Morgan fingerprint density at radius 2 is 2.07 bits per heavy atom. The van der Waals surface area contributed by atoms with Gasteiger partial charge in [-0.15, -0.1) is 6.58 Å². The van der Waals surface area contributed by atoms with Crippen molar-refractivity contribution in [3.63, 3.8) is 0 Å². The third-order valence-electron chi connectivity index (χ3n) is 1.97. The zero-order chi connectivity index (χ0) is 10.6. The van der Waals surface area contributed by atoms with Crippen molar-refractivity contribution in [1.82, 2.24) is 0 Å². The van der Waals surface area contributed by atoms with Crippen molar-refractivity contribution in [3.05, 3.63) is 46.5 Å². The number of allylic oxidation sites excluding steroid dienone is 1. The van der Waals surface area contributed by atoms with Crippen LogP contribution >= 0.6 is 23.2 Å². The molecule has 0 spiro atoms. The van der Waals surface area contributed by atoms with Crippen molar-refractivity contribution in [2.75, 3.05) is 0 Å². The van der Waals surface area contributed by atoms with Crippen molar-refractivity contribution < 1.29 is 5.11 Å². The number of aliphatic hydroxyl groups excluding tert-OH is 1. The number of hydrogen-bond donors (Lipinski definition) is 1. The summed E-state index contributed by atoms with van der Waals surface area (Å²) in [7, 11) is 0. The number of halogens is 2. The van der Waals surface area contributed by atoms with Gasteiger partial charge in [0, 0.05) is 0 Å². The van der Waals surface area contributed by atoms with Crippen LogP contribution in [-0.2, 0) is 0 Å². The first-order valence-electron chi connectivity index (χ1n) is 4.39. The lowest BCUT2D eigenvalue weighted by Gasteiger charge is -2.10. The summed E-state index contributed by atoms with van der Waals surface area (Å²) in [6.07, 6.45) is 2.71. The van der Waals surface area contributed by atoms with Gasteiger partial charge < -0.3 is 5.11 Å². The Kier molecular flexibility index (Phi) is 4.46. The smallest absolute Gasteiger partial charge is 0.0793 e. The van der Waals surface area contributed by atoms with E-state index in [0.717, 1.165) is 12.0 Å². The molecule has 3 heteroatoms. The molecular weight excluding hydrogens is 219 g/mol. The Morgan fingerprint density at radius 3 is 2.64 bits per heavy atom. The molecule has 0 amide bonds. The quantitative estimate of drug-likeness (QED) is 0.776. The van der Waals surface area contributed by atoms with Crippen LogP contribution in [0.1, 0.15) is 24.5 Å². The predicted octanol–water partition coefficient (Wildman–Crippen LogP) is 3.99. The molecule has 0 aliphatic heterocycles. The summed E-state index contributed by atoms with van der Waals surface area (Å²) in [4.78, 5) is 0. The topological polar surface area (TPSA) is 20.2 Å². The molecule has 0 saturated heterocycles. The summed E-state index contributed by atoms with van der Waals surface area (Å²) in [5.41, 5.74) is 0.793. The van der Waals surface area contributed by atoms with Gasteiger partial charge in [0.05, 0.1) is 16.1 Å². The molecule has 1 rings (SSSR count). The number of rotatable bonds is 4. The molecule has 14 heavy (non-hydrogen) atoms. The maximum atomic E-state index is 9.72. The van der Waals surface area contributed by atoms with Crippen molar-refractivity contribution in [1.29, 1.82) is 0 Å². The van der Waals surface area contributed by atoms with Crippen LogP contribution in [0.4, 0.5) is 0 Å².